The molecule has 4 rings (SSSR count). The number of amides is 2. The maximum Gasteiger partial charge on any atom is 0.256 e. The van der Waals surface area contributed by atoms with Gasteiger partial charge >= 0.3 is 0 Å². The minimum Gasteiger partial charge on any atom is -0.438 e. The van der Waals surface area contributed by atoms with Crippen molar-refractivity contribution in [1.82, 2.24) is 5.32 Å². The van der Waals surface area contributed by atoms with Gasteiger partial charge in [0, 0.05) is 29.1 Å². The van der Waals surface area contributed by atoms with Crippen molar-refractivity contribution in [3.05, 3.63) is 70.2 Å². The summed E-state index contributed by atoms with van der Waals surface area (Å²) in [4.78, 5) is 28.6. The van der Waals surface area contributed by atoms with E-state index in [4.69, 9.17) is 26.5 Å². The van der Waals surface area contributed by atoms with Gasteiger partial charge in [-0.3, -0.25) is 9.59 Å². The summed E-state index contributed by atoms with van der Waals surface area (Å²) in [5, 5.41) is 4.12. The summed E-state index contributed by atoms with van der Waals surface area (Å²) in [5.74, 6) is -0.841. The van der Waals surface area contributed by atoms with Crippen LogP contribution >= 0.6 is 11.6 Å². The highest BCUT2D eigenvalue weighted by molar-refractivity contribution is 6.31. The van der Waals surface area contributed by atoms with E-state index in [0.29, 0.717) is 40.4 Å². The third-order valence-corrected chi connectivity index (χ3v) is 5.09. The number of hydrogen-bond donors (Lipinski definition) is 2. The number of ether oxygens (including phenoxy) is 1. The normalized spacial score (nSPS) is 16.7. The van der Waals surface area contributed by atoms with Gasteiger partial charge in [0.15, 0.2) is 0 Å². The van der Waals surface area contributed by atoms with Crippen molar-refractivity contribution in [1.29, 1.82) is 0 Å². The van der Waals surface area contributed by atoms with Crippen molar-refractivity contribution in [3.63, 3.8) is 0 Å². The maximum absolute atomic E-state index is 12.9. The number of rotatable bonds is 5. The molecule has 154 valence electrons. The molecule has 2 heterocycles. The Balaban J connectivity index is 1.73. The first-order valence-corrected chi connectivity index (χ1v) is 9.95. The lowest BCUT2D eigenvalue weighted by Gasteiger charge is -2.11. The van der Waals surface area contributed by atoms with Crippen molar-refractivity contribution < 1.29 is 18.7 Å². The van der Waals surface area contributed by atoms with E-state index in [1.54, 1.807) is 48.5 Å². The summed E-state index contributed by atoms with van der Waals surface area (Å²) in [6.45, 7) is 1.13. The summed E-state index contributed by atoms with van der Waals surface area (Å²) in [6.07, 6.45) is 1.93. The van der Waals surface area contributed by atoms with Crippen LogP contribution in [0.1, 0.15) is 33.6 Å². The molecule has 1 fully saturated rings. The predicted octanol–water partition coefficient (Wildman–Crippen LogP) is 3.33. The highest BCUT2D eigenvalue weighted by atomic mass is 35.5. The SMILES string of the molecule is NC(=O)c1ccc(N=c2oc3ccc(Cl)cc3cc2C(=O)NC[C@@H]2CCCO2)cc1. The fourth-order valence-corrected chi connectivity index (χ4v) is 3.45. The molecule has 0 aliphatic carbocycles. The van der Waals surface area contributed by atoms with Crippen molar-refractivity contribution >= 4 is 40.1 Å². The Labute approximate surface area is 177 Å². The second-order valence-corrected chi connectivity index (χ2v) is 7.45. The van der Waals surface area contributed by atoms with Gasteiger partial charge in [-0.2, -0.15) is 0 Å². The van der Waals surface area contributed by atoms with Gasteiger partial charge in [0.2, 0.25) is 11.5 Å². The monoisotopic (exact) mass is 425 g/mol. The number of carbonyl (C=O) groups excluding carboxylic acids is 2. The molecule has 7 nitrogen and oxygen atoms in total. The highest BCUT2D eigenvalue weighted by Gasteiger charge is 2.18. The van der Waals surface area contributed by atoms with Crippen LogP contribution in [-0.2, 0) is 4.74 Å². The van der Waals surface area contributed by atoms with Gasteiger partial charge in [0.05, 0.1) is 11.8 Å². The molecule has 0 radical (unpaired) electrons. The summed E-state index contributed by atoms with van der Waals surface area (Å²) < 4.78 is 11.5. The number of nitrogens with zero attached hydrogens (tertiary/aromatic N) is 1. The Kier molecular flexibility index (Phi) is 5.83. The van der Waals surface area contributed by atoms with E-state index in [-0.39, 0.29) is 23.1 Å². The first-order valence-electron chi connectivity index (χ1n) is 9.57. The molecule has 0 saturated carbocycles. The minimum atomic E-state index is -0.525. The van der Waals surface area contributed by atoms with Crippen LogP contribution in [0.2, 0.25) is 5.02 Å². The second kappa shape index (κ2) is 8.69. The van der Waals surface area contributed by atoms with Gasteiger partial charge in [-0.05, 0) is 61.4 Å². The molecule has 0 bridgehead atoms. The molecule has 0 spiro atoms. The van der Waals surface area contributed by atoms with Gasteiger partial charge < -0.3 is 20.2 Å². The molecule has 1 atom stereocenters. The van der Waals surface area contributed by atoms with Crippen LogP contribution in [0.3, 0.4) is 0 Å². The molecule has 8 heteroatoms. The van der Waals surface area contributed by atoms with Crippen LogP contribution in [0.25, 0.3) is 11.0 Å². The van der Waals surface area contributed by atoms with E-state index in [1.165, 1.54) is 0 Å². The molecule has 3 N–H and O–H groups in total. The Morgan fingerprint density at radius 1 is 1.17 bits per heavy atom. The Bertz CT molecular complexity index is 1170. The standard InChI is InChI=1S/C22H20ClN3O4/c23-15-5-8-19-14(10-15)11-18(21(28)25-12-17-2-1-9-29-17)22(30-19)26-16-6-3-13(4-7-16)20(24)27/h3-8,10-11,17H,1-2,9,12H2,(H2,24,27)(H,25,28)/t17-/m0/s1. The molecule has 2 aromatic carbocycles. The zero-order valence-corrected chi connectivity index (χ0v) is 16.8. The number of fused-ring (bicyclic) bond motifs is 1. The molecule has 3 aromatic rings. The molecule has 1 aromatic heterocycles. The molecule has 30 heavy (non-hydrogen) atoms. The summed E-state index contributed by atoms with van der Waals surface area (Å²) in [5.41, 5.74) is 7.14. The van der Waals surface area contributed by atoms with Gasteiger partial charge in [0.1, 0.15) is 11.1 Å². The van der Waals surface area contributed by atoms with E-state index in [1.807, 2.05) is 0 Å². The number of hydrogen-bond acceptors (Lipinski definition) is 5. The summed E-state index contributed by atoms with van der Waals surface area (Å²) in [6, 6.07) is 13.3. The lowest BCUT2D eigenvalue weighted by molar-refractivity contribution is 0.0854. The zero-order valence-electron chi connectivity index (χ0n) is 16.1. The minimum absolute atomic E-state index is 0.0162. The lowest BCUT2D eigenvalue weighted by Crippen LogP contribution is -2.34. The fourth-order valence-electron chi connectivity index (χ4n) is 3.27. The van der Waals surface area contributed by atoms with Gasteiger partial charge in [-0.25, -0.2) is 4.99 Å². The average Bonchev–Trinajstić information content (AvgIpc) is 3.26. The van der Waals surface area contributed by atoms with Crippen molar-refractivity contribution in [2.75, 3.05) is 13.2 Å². The van der Waals surface area contributed by atoms with Crippen molar-refractivity contribution in [3.8, 4) is 0 Å². The number of carbonyl (C=O) groups is 2. The maximum atomic E-state index is 12.9. The van der Waals surface area contributed by atoms with Gasteiger partial charge in [0.25, 0.3) is 5.91 Å². The first kappa shape index (κ1) is 20.1. The van der Waals surface area contributed by atoms with Crippen LogP contribution in [0, 0.1) is 0 Å². The second-order valence-electron chi connectivity index (χ2n) is 7.02. The van der Waals surface area contributed by atoms with Crippen molar-refractivity contribution in [2.45, 2.75) is 18.9 Å². The topological polar surface area (TPSA) is 107 Å². The number of nitrogens with one attached hydrogen (secondary N) is 1. The predicted molar refractivity (Wildman–Crippen MR) is 113 cm³/mol. The third kappa shape index (κ3) is 4.53. The van der Waals surface area contributed by atoms with Crippen LogP contribution < -0.4 is 16.6 Å². The molecule has 2 amide bonds. The first-order chi connectivity index (χ1) is 14.5. The van der Waals surface area contributed by atoms with E-state index < -0.39 is 5.91 Å². The number of benzene rings is 2. The van der Waals surface area contributed by atoms with Crippen LogP contribution in [0.15, 0.2) is 57.9 Å². The Morgan fingerprint density at radius 3 is 2.67 bits per heavy atom. The lowest BCUT2D eigenvalue weighted by atomic mass is 10.1. The molecule has 0 unspecified atom stereocenters. The Morgan fingerprint density at radius 2 is 1.97 bits per heavy atom. The molecule has 1 saturated heterocycles. The number of halogens is 1. The molecular formula is C22H20ClN3O4. The largest absolute Gasteiger partial charge is 0.438 e. The Hall–Kier alpha value is -3.16. The fraction of sp³-hybridized carbons (Fsp3) is 0.227. The van der Waals surface area contributed by atoms with Crippen molar-refractivity contribution in [2.24, 2.45) is 10.7 Å². The summed E-state index contributed by atoms with van der Waals surface area (Å²) in [7, 11) is 0. The number of primary amides is 1. The van der Waals surface area contributed by atoms with Gasteiger partial charge in [-0.1, -0.05) is 11.6 Å². The molecule has 1 aliphatic rings. The smallest absolute Gasteiger partial charge is 0.256 e. The highest BCUT2D eigenvalue weighted by Crippen LogP contribution is 2.20. The molecular weight excluding hydrogens is 406 g/mol. The van der Waals surface area contributed by atoms with E-state index in [0.717, 1.165) is 12.8 Å². The van der Waals surface area contributed by atoms with E-state index >= 15 is 0 Å². The summed E-state index contributed by atoms with van der Waals surface area (Å²) >= 11 is 6.09. The van der Waals surface area contributed by atoms with E-state index in [9.17, 15) is 9.59 Å². The third-order valence-electron chi connectivity index (χ3n) is 4.85. The quantitative estimate of drug-likeness (QED) is 0.653. The number of nitrogens with two attached hydrogens (primary N) is 1. The molecule has 1 aliphatic heterocycles. The van der Waals surface area contributed by atoms with Crippen LogP contribution in [0.4, 0.5) is 5.69 Å². The zero-order chi connectivity index (χ0) is 21.1. The van der Waals surface area contributed by atoms with Gasteiger partial charge in [-0.15, -0.1) is 0 Å². The average molecular weight is 426 g/mol. The van der Waals surface area contributed by atoms with Crippen LogP contribution in [-0.4, -0.2) is 31.1 Å². The van der Waals surface area contributed by atoms with E-state index in [2.05, 4.69) is 10.3 Å². The van der Waals surface area contributed by atoms with Crippen LogP contribution in [0.5, 0.6) is 0 Å².